The van der Waals surface area contributed by atoms with Gasteiger partial charge in [-0.2, -0.15) is 0 Å². The number of rotatable bonds is 6. The Balaban J connectivity index is 3.31. The quantitative estimate of drug-likeness (QED) is 0.356. The first-order chi connectivity index (χ1) is 6.27. The Labute approximate surface area is 78.5 Å². The van der Waals surface area contributed by atoms with Crippen molar-refractivity contribution in [2.45, 2.75) is 6.92 Å². The molecule has 0 rings (SSSR count). The van der Waals surface area contributed by atoms with Crippen molar-refractivity contribution in [3.8, 4) is 0 Å². The van der Waals surface area contributed by atoms with Gasteiger partial charge < -0.3 is 15.2 Å². The van der Waals surface area contributed by atoms with E-state index in [1.54, 1.807) is 0 Å². The maximum atomic E-state index is 9.92. The highest BCUT2D eigenvalue weighted by atomic mass is 16.4. The Kier molecular flexibility index (Phi) is 7.84. The number of nitrogens with one attached hydrogen (secondary N) is 1. The van der Waals surface area contributed by atoms with E-state index in [4.69, 9.17) is 0 Å². The second-order valence-corrected chi connectivity index (χ2v) is 2.33. The van der Waals surface area contributed by atoms with Gasteiger partial charge in [-0.15, -0.1) is 0 Å². The maximum Gasteiger partial charge on any atom is 0.0640 e. The van der Waals surface area contributed by atoms with Crippen LogP contribution in [0.5, 0.6) is 0 Å². The van der Waals surface area contributed by atoms with Crippen LogP contribution in [0.2, 0.25) is 0 Å². The summed E-state index contributed by atoms with van der Waals surface area (Å²) in [6.07, 6.45) is 10.3. The van der Waals surface area contributed by atoms with E-state index >= 15 is 0 Å². The Morgan fingerprint density at radius 3 is 2.62 bits per heavy atom. The minimum atomic E-state index is -1.16. The summed E-state index contributed by atoms with van der Waals surface area (Å²) in [5.74, 6) is -1.16. The fraction of sp³-hybridized carbons (Fsp3) is 0.300. The number of carbonyl (C=O) groups is 1. The predicted molar refractivity (Wildman–Crippen MR) is 51.0 cm³/mol. The Morgan fingerprint density at radius 1 is 1.31 bits per heavy atom. The molecule has 0 aliphatic carbocycles. The van der Waals surface area contributed by atoms with Crippen LogP contribution in [0.25, 0.3) is 0 Å². The number of hydrogen-bond donors (Lipinski definition) is 1. The molecule has 0 unspecified atom stereocenters. The standard InChI is InChI=1S/C10H15NO2/c1-2-3-4-5-8-11-9-6-7-10(12)13/h2-7,11H,8-9H2,1H3,(H,12,13)/p-1/b3-2+,5-4+,7-6+. The lowest BCUT2D eigenvalue weighted by Crippen LogP contribution is -2.20. The molecule has 3 heteroatoms. The summed E-state index contributed by atoms with van der Waals surface area (Å²) in [5, 5.41) is 12.9. The van der Waals surface area contributed by atoms with Crippen LogP contribution in [-0.2, 0) is 4.79 Å². The largest absolute Gasteiger partial charge is 0.545 e. The van der Waals surface area contributed by atoms with Crippen molar-refractivity contribution in [2.75, 3.05) is 13.1 Å². The topological polar surface area (TPSA) is 52.2 Å². The third-order valence-corrected chi connectivity index (χ3v) is 1.22. The molecule has 0 aromatic rings. The lowest BCUT2D eigenvalue weighted by Gasteiger charge is -1.94. The van der Waals surface area contributed by atoms with Crippen LogP contribution in [0.15, 0.2) is 36.5 Å². The molecule has 0 radical (unpaired) electrons. The van der Waals surface area contributed by atoms with Crippen molar-refractivity contribution in [1.82, 2.24) is 5.32 Å². The number of carbonyl (C=O) groups excluding carboxylic acids is 1. The monoisotopic (exact) mass is 180 g/mol. The number of hydrogen-bond acceptors (Lipinski definition) is 3. The molecule has 1 N–H and O–H groups in total. The predicted octanol–water partition coefficient (Wildman–Crippen LogP) is 0.0144. The van der Waals surface area contributed by atoms with Crippen molar-refractivity contribution in [3.63, 3.8) is 0 Å². The second kappa shape index (κ2) is 8.74. The fourth-order valence-corrected chi connectivity index (χ4v) is 0.663. The molecule has 0 saturated heterocycles. The van der Waals surface area contributed by atoms with Crippen molar-refractivity contribution in [2.24, 2.45) is 0 Å². The Morgan fingerprint density at radius 2 is 2.00 bits per heavy atom. The lowest BCUT2D eigenvalue weighted by molar-refractivity contribution is -0.297. The first-order valence-electron chi connectivity index (χ1n) is 4.13. The third-order valence-electron chi connectivity index (χ3n) is 1.22. The summed E-state index contributed by atoms with van der Waals surface area (Å²) < 4.78 is 0. The van der Waals surface area contributed by atoms with Gasteiger partial charge in [-0.25, -0.2) is 0 Å². The van der Waals surface area contributed by atoms with Crippen molar-refractivity contribution in [1.29, 1.82) is 0 Å². The van der Waals surface area contributed by atoms with E-state index in [0.29, 0.717) is 6.54 Å². The van der Waals surface area contributed by atoms with Crippen LogP contribution in [0.1, 0.15) is 6.92 Å². The van der Waals surface area contributed by atoms with E-state index in [1.807, 2.05) is 31.2 Å². The van der Waals surface area contributed by atoms with Gasteiger partial charge in [-0.1, -0.05) is 30.4 Å². The van der Waals surface area contributed by atoms with Gasteiger partial charge in [0.25, 0.3) is 0 Å². The minimum absolute atomic E-state index is 0.536. The maximum absolute atomic E-state index is 9.92. The molecule has 0 spiro atoms. The molecule has 0 aromatic carbocycles. The highest BCUT2D eigenvalue weighted by Crippen LogP contribution is 1.75. The smallest absolute Gasteiger partial charge is 0.0640 e. The van der Waals surface area contributed by atoms with Crippen LogP contribution in [0, 0.1) is 0 Å². The number of aliphatic carboxylic acids is 1. The minimum Gasteiger partial charge on any atom is -0.545 e. The molecule has 0 aromatic heterocycles. The Hall–Kier alpha value is -1.35. The molecular weight excluding hydrogens is 166 g/mol. The van der Waals surface area contributed by atoms with E-state index < -0.39 is 5.97 Å². The molecule has 0 fully saturated rings. The highest BCUT2D eigenvalue weighted by molar-refractivity contribution is 5.77. The molecule has 0 aliphatic heterocycles. The fourth-order valence-electron chi connectivity index (χ4n) is 0.663. The molecule has 13 heavy (non-hydrogen) atoms. The summed E-state index contributed by atoms with van der Waals surface area (Å²) in [5.41, 5.74) is 0. The molecule has 72 valence electrons. The van der Waals surface area contributed by atoms with E-state index in [2.05, 4.69) is 5.32 Å². The lowest BCUT2D eigenvalue weighted by atomic mass is 10.4. The zero-order valence-electron chi connectivity index (χ0n) is 7.69. The average molecular weight is 180 g/mol. The summed E-state index contributed by atoms with van der Waals surface area (Å²) in [6, 6.07) is 0. The van der Waals surface area contributed by atoms with Gasteiger partial charge in [-0.3, -0.25) is 0 Å². The van der Waals surface area contributed by atoms with Gasteiger partial charge in [0, 0.05) is 13.1 Å². The second-order valence-electron chi connectivity index (χ2n) is 2.33. The van der Waals surface area contributed by atoms with Crippen LogP contribution in [0.4, 0.5) is 0 Å². The summed E-state index contributed by atoms with van der Waals surface area (Å²) in [7, 11) is 0. The SMILES string of the molecule is C/C=C/C=C/CNC/C=C/C(=O)[O-]. The first kappa shape index (κ1) is 11.6. The van der Waals surface area contributed by atoms with E-state index in [9.17, 15) is 9.90 Å². The van der Waals surface area contributed by atoms with Gasteiger partial charge in [0.15, 0.2) is 0 Å². The van der Waals surface area contributed by atoms with Crippen LogP contribution in [-0.4, -0.2) is 19.1 Å². The number of allylic oxidation sites excluding steroid dienone is 3. The molecule has 0 amide bonds. The summed E-state index contributed by atoms with van der Waals surface area (Å²) in [6.45, 7) is 3.20. The highest BCUT2D eigenvalue weighted by Gasteiger charge is 1.76. The molecule has 3 nitrogen and oxygen atoms in total. The summed E-state index contributed by atoms with van der Waals surface area (Å²) >= 11 is 0. The molecule has 0 atom stereocenters. The van der Waals surface area contributed by atoms with Crippen LogP contribution in [0.3, 0.4) is 0 Å². The van der Waals surface area contributed by atoms with Crippen molar-refractivity contribution >= 4 is 5.97 Å². The number of carboxylic acid groups (broad SMARTS) is 1. The van der Waals surface area contributed by atoms with Crippen LogP contribution >= 0.6 is 0 Å². The molecule has 0 bridgehead atoms. The van der Waals surface area contributed by atoms with Crippen molar-refractivity contribution < 1.29 is 9.90 Å². The summed E-state index contributed by atoms with van der Waals surface area (Å²) in [4.78, 5) is 9.92. The van der Waals surface area contributed by atoms with Gasteiger partial charge >= 0.3 is 0 Å². The molecule has 0 aliphatic rings. The average Bonchev–Trinajstić information content (AvgIpc) is 2.09. The zero-order chi connectivity index (χ0) is 9.94. The van der Waals surface area contributed by atoms with Gasteiger partial charge in [-0.05, 0) is 13.0 Å². The first-order valence-corrected chi connectivity index (χ1v) is 4.13. The molecule has 0 saturated carbocycles. The van der Waals surface area contributed by atoms with Gasteiger partial charge in [0.2, 0.25) is 0 Å². The van der Waals surface area contributed by atoms with E-state index in [0.717, 1.165) is 12.6 Å². The zero-order valence-corrected chi connectivity index (χ0v) is 7.69. The normalized spacial score (nSPS) is 12.1. The third kappa shape index (κ3) is 10.7. The molecular formula is C10H14NO2-. The molecule has 0 heterocycles. The van der Waals surface area contributed by atoms with E-state index in [-0.39, 0.29) is 0 Å². The van der Waals surface area contributed by atoms with E-state index in [1.165, 1.54) is 6.08 Å². The Bertz CT molecular complexity index is 217. The van der Waals surface area contributed by atoms with Gasteiger partial charge in [0.05, 0.1) is 5.97 Å². The van der Waals surface area contributed by atoms with Crippen LogP contribution < -0.4 is 10.4 Å². The number of carboxylic acids is 1. The van der Waals surface area contributed by atoms with Gasteiger partial charge in [0.1, 0.15) is 0 Å². The van der Waals surface area contributed by atoms with Crippen molar-refractivity contribution in [3.05, 3.63) is 36.5 Å².